The van der Waals surface area contributed by atoms with Crippen LogP contribution in [0.2, 0.25) is 0 Å². The molecule has 0 heterocycles. The fourth-order valence-corrected chi connectivity index (χ4v) is 0. The standard InChI is InChI=1S/2BHO2.Ba/c2*2-1-3;/h2*2H;. The molecule has 0 rings (SSSR count). The molecule has 7 heteroatoms. The molecule has 2 radical (unpaired) electrons. The second-order valence-corrected chi connectivity index (χ2v) is 0.211. The average Bonchev–Trinajstić information content (AvgIpc) is 1.39. The summed E-state index contributed by atoms with van der Waals surface area (Å²) >= 11 is 0. The van der Waals surface area contributed by atoms with Gasteiger partial charge in [0, 0.05) is 48.9 Å². The SMILES string of the molecule is O=BO.O=BO.[Ba]. The van der Waals surface area contributed by atoms with Crippen molar-refractivity contribution in [3.05, 3.63) is 0 Å². The van der Waals surface area contributed by atoms with Crippen LogP contribution in [0, 0.1) is 0 Å². The van der Waals surface area contributed by atoms with Crippen LogP contribution in [0.4, 0.5) is 0 Å². The van der Waals surface area contributed by atoms with E-state index >= 15 is 0 Å². The van der Waals surface area contributed by atoms with Crippen LogP contribution in [0.15, 0.2) is 0 Å². The van der Waals surface area contributed by atoms with Gasteiger partial charge in [-0.1, -0.05) is 0 Å². The summed E-state index contributed by atoms with van der Waals surface area (Å²) in [6.07, 6.45) is 0. The Balaban J connectivity index is -0.0000000400. The number of hydrogen-bond donors (Lipinski definition) is 2. The Morgan fingerprint density at radius 2 is 1.00 bits per heavy atom. The first-order valence-corrected chi connectivity index (χ1v) is 0.988. The Kier molecular flexibility index (Phi) is 63.9. The van der Waals surface area contributed by atoms with Crippen molar-refractivity contribution in [2.45, 2.75) is 0 Å². The van der Waals surface area contributed by atoms with Gasteiger partial charge in [-0.2, -0.15) is 0 Å². The van der Waals surface area contributed by atoms with E-state index in [1.165, 1.54) is 0 Å². The van der Waals surface area contributed by atoms with Gasteiger partial charge >= 0.3 is 34.2 Å². The van der Waals surface area contributed by atoms with Crippen LogP contribution in [-0.4, -0.2) is 73.6 Å². The fourth-order valence-electron chi connectivity index (χ4n) is 0. The first-order valence-electron chi connectivity index (χ1n) is 0.988. The van der Waals surface area contributed by atoms with E-state index in [2.05, 4.69) is 0 Å². The third-order valence-electron chi connectivity index (χ3n) is 0. The van der Waals surface area contributed by atoms with Crippen LogP contribution in [0.1, 0.15) is 0 Å². The molecule has 0 aromatic heterocycles. The van der Waals surface area contributed by atoms with Gasteiger partial charge < -0.3 is 0 Å². The molecule has 0 aliphatic carbocycles. The second-order valence-electron chi connectivity index (χ2n) is 0.211. The van der Waals surface area contributed by atoms with Gasteiger partial charge in [-0.05, 0) is 0 Å². The van der Waals surface area contributed by atoms with Crippen molar-refractivity contribution < 1.29 is 19.5 Å². The Morgan fingerprint density at radius 3 is 1.00 bits per heavy atom. The number of rotatable bonds is 0. The molecule has 0 amide bonds. The summed E-state index contributed by atoms with van der Waals surface area (Å²) in [7, 11) is -0.500. The Bertz CT molecular complexity index is 30.7. The molecule has 0 fully saturated rings. The van der Waals surface area contributed by atoms with Crippen molar-refractivity contribution in [1.82, 2.24) is 0 Å². The third-order valence-corrected chi connectivity index (χ3v) is 0. The predicted molar refractivity (Wildman–Crippen MR) is 23.1 cm³/mol. The molecule has 4 nitrogen and oxygen atoms in total. The summed E-state index contributed by atoms with van der Waals surface area (Å²) in [5.74, 6) is 0. The quantitative estimate of drug-likeness (QED) is 0.447. The van der Waals surface area contributed by atoms with Gasteiger partial charge in [-0.3, -0.25) is 0 Å². The van der Waals surface area contributed by atoms with Crippen LogP contribution in [0.25, 0.3) is 0 Å². The molecule has 0 aromatic rings. The molecule has 0 unspecified atom stereocenters. The fraction of sp³-hybridized carbons (Fsp3) is 0. The monoisotopic (exact) mass is 226 g/mol. The zero-order valence-corrected chi connectivity index (χ0v) is 8.01. The maximum absolute atomic E-state index is 8.36. The molecule has 7 heavy (non-hydrogen) atoms. The minimum atomic E-state index is -0.250. The molecule has 0 aromatic carbocycles. The normalized spacial score (nSPS) is 2.29. The molecular weight excluding hydrogens is 223 g/mol. The molecule has 34 valence electrons. The molecule has 2 N–H and O–H groups in total. The van der Waals surface area contributed by atoms with Crippen molar-refractivity contribution in [2.24, 2.45) is 0 Å². The zero-order valence-electron chi connectivity index (χ0n) is 3.57. The summed E-state index contributed by atoms with van der Waals surface area (Å²) < 4.78 is 16.7. The van der Waals surface area contributed by atoms with Crippen LogP contribution < -0.4 is 0 Å². The second kappa shape index (κ2) is 28.6. The molecule has 0 aliphatic rings. The van der Waals surface area contributed by atoms with Gasteiger partial charge in [-0.25, -0.2) is 0 Å². The maximum Gasteiger partial charge on any atom is 0 e. The molecule has 0 atom stereocenters. The van der Waals surface area contributed by atoms with Crippen molar-refractivity contribution in [2.75, 3.05) is 0 Å². The average molecular weight is 225 g/mol. The van der Waals surface area contributed by atoms with Crippen LogP contribution >= 0.6 is 0 Å². The van der Waals surface area contributed by atoms with E-state index in [4.69, 9.17) is 19.5 Å². The first-order chi connectivity index (χ1) is 2.83. The summed E-state index contributed by atoms with van der Waals surface area (Å²) in [5, 5.41) is 13.8. The van der Waals surface area contributed by atoms with Crippen LogP contribution in [0.5, 0.6) is 0 Å². The summed E-state index contributed by atoms with van der Waals surface area (Å²) in [4.78, 5) is 0. The minimum absolute atomic E-state index is 0. The molecule has 0 bridgehead atoms. The molecule has 0 saturated carbocycles. The van der Waals surface area contributed by atoms with Gasteiger partial charge in [0.2, 0.25) is 0 Å². The van der Waals surface area contributed by atoms with E-state index < -0.39 is 0 Å². The first kappa shape index (κ1) is 15.7. The summed E-state index contributed by atoms with van der Waals surface area (Å²) in [6, 6.07) is 0. The number of hydrogen-bond acceptors (Lipinski definition) is 2. The molecule has 0 saturated heterocycles. The van der Waals surface area contributed by atoms with Gasteiger partial charge in [0.1, 0.15) is 0 Å². The van der Waals surface area contributed by atoms with Crippen LogP contribution in [-0.2, 0) is 9.41 Å². The van der Waals surface area contributed by atoms with Crippen molar-refractivity contribution >= 4 is 63.6 Å². The molecular formula is H2B2BaO4. The van der Waals surface area contributed by atoms with E-state index in [1.54, 1.807) is 0 Å². The van der Waals surface area contributed by atoms with E-state index in [-0.39, 0.29) is 63.6 Å². The Morgan fingerprint density at radius 1 is 1.00 bits per heavy atom. The zero-order chi connectivity index (χ0) is 5.41. The van der Waals surface area contributed by atoms with Gasteiger partial charge in [-0.15, -0.1) is 0 Å². The third kappa shape index (κ3) is 204. The van der Waals surface area contributed by atoms with Gasteiger partial charge in [0.25, 0.3) is 0 Å². The maximum atomic E-state index is 8.36. The van der Waals surface area contributed by atoms with E-state index in [9.17, 15) is 0 Å². The largest absolute Gasteiger partial charge is 0 e. The van der Waals surface area contributed by atoms with E-state index in [0.29, 0.717) is 0 Å². The van der Waals surface area contributed by atoms with Crippen LogP contribution in [0.3, 0.4) is 0 Å². The predicted octanol–water partition coefficient (Wildman–Crippen LogP) is -2.49. The molecule has 0 spiro atoms. The van der Waals surface area contributed by atoms with Crippen molar-refractivity contribution in [3.63, 3.8) is 0 Å². The van der Waals surface area contributed by atoms with Crippen molar-refractivity contribution in [3.8, 4) is 0 Å². The summed E-state index contributed by atoms with van der Waals surface area (Å²) in [6.45, 7) is 0. The van der Waals surface area contributed by atoms with Gasteiger partial charge in [0.05, 0.1) is 0 Å². The van der Waals surface area contributed by atoms with Crippen molar-refractivity contribution in [1.29, 1.82) is 0 Å². The topological polar surface area (TPSA) is 74.6 Å². The Labute approximate surface area is 81.9 Å². The van der Waals surface area contributed by atoms with E-state index in [1.807, 2.05) is 0 Å². The Hall–Kier alpha value is 0.901. The van der Waals surface area contributed by atoms with Gasteiger partial charge in [0.15, 0.2) is 0 Å². The minimum Gasteiger partial charge on any atom is 0 e. The molecule has 0 aliphatic heterocycles. The smallest absolute Gasteiger partial charge is 0 e. The summed E-state index contributed by atoms with van der Waals surface area (Å²) in [5.41, 5.74) is 0. The van der Waals surface area contributed by atoms with E-state index in [0.717, 1.165) is 0 Å².